The molecule has 2 rings (SSSR count). The van der Waals surface area contributed by atoms with Crippen LogP contribution in [0.2, 0.25) is 0 Å². The molecule has 1 amide bonds. The zero-order valence-electron chi connectivity index (χ0n) is 15.7. The van der Waals surface area contributed by atoms with E-state index in [9.17, 15) is 9.18 Å². The van der Waals surface area contributed by atoms with Crippen LogP contribution in [0, 0.1) is 5.82 Å². The van der Waals surface area contributed by atoms with Crippen LogP contribution in [0.25, 0.3) is 0 Å². The summed E-state index contributed by atoms with van der Waals surface area (Å²) in [5.41, 5.74) is -0.278. The molecule has 0 radical (unpaired) electrons. The van der Waals surface area contributed by atoms with E-state index >= 15 is 0 Å². The van der Waals surface area contributed by atoms with Crippen molar-refractivity contribution < 1.29 is 28.1 Å². The lowest BCUT2D eigenvalue weighted by Crippen LogP contribution is -2.32. The minimum Gasteiger partial charge on any atom is -0.488 e. The Kier molecular flexibility index (Phi) is 7.66. The highest BCUT2D eigenvalue weighted by Crippen LogP contribution is 2.21. The van der Waals surface area contributed by atoms with E-state index in [1.165, 1.54) is 0 Å². The fourth-order valence-electron chi connectivity index (χ4n) is 2.46. The van der Waals surface area contributed by atoms with Gasteiger partial charge in [-0.05, 0) is 46.1 Å². The number of nitrogens with one attached hydrogen (secondary N) is 1. The Morgan fingerprint density at radius 3 is 2.81 bits per heavy atom. The summed E-state index contributed by atoms with van der Waals surface area (Å²) in [6, 6.07) is 4.81. The fraction of sp³-hybridized carbons (Fsp3) is 0.632. The molecule has 1 saturated heterocycles. The van der Waals surface area contributed by atoms with Crippen molar-refractivity contribution in [3.8, 4) is 5.75 Å². The van der Waals surface area contributed by atoms with Gasteiger partial charge in [-0.15, -0.1) is 0 Å². The van der Waals surface area contributed by atoms with E-state index in [4.69, 9.17) is 18.9 Å². The van der Waals surface area contributed by atoms with Gasteiger partial charge in [-0.3, -0.25) is 0 Å². The third kappa shape index (κ3) is 7.17. The maximum absolute atomic E-state index is 14.5. The Balaban J connectivity index is 1.77. The van der Waals surface area contributed by atoms with Crippen LogP contribution in [0.5, 0.6) is 5.75 Å². The van der Waals surface area contributed by atoms with Crippen LogP contribution >= 0.6 is 0 Å². The number of ether oxygens (including phenoxy) is 4. The van der Waals surface area contributed by atoms with Gasteiger partial charge in [0.05, 0.1) is 6.61 Å². The SMILES string of the molecule is CC(C)(C)OC(=O)NCc1cccc(OCCOC2CCCCO2)c1F. The number of benzene rings is 1. The lowest BCUT2D eigenvalue weighted by atomic mass is 10.2. The molecule has 26 heavy (non-hydrogen) atoms. The van der Waals surface area contributed by atoms with E-state index in [0.717, 1.165) is 19.3 Å². The molecule has 7 heteroatoms. The van der Waals surface area contributed by atoms with Gasteiger partial charge in [-0.1, -0.05) is 12.1 Å². The van der Waals surface area contributed by atoms with Crippen molar-refractivity contribution in [3.63, 3.8) is 0 Å². The van der Waals surface area contributed by atoms with E-state index in [-0.39, 0.29) is 25.2 Å². The standard InChI is InChI=1S/C19H28FNO5/c1-19(2,3)26-18(22)21-13-14-7-6-8-15(17(14)20)23-11-12-25-16-9-4-5-10-24-16/h6-8,16H,4-5,9-13H2,1-3H3,(H,21,22). The zero-order chi connectivity index (χ0) is 19.0. The maximum atomic E-state index is 14.5. The molecule has 1 heterocycles. The summed E-state index contributed by atoms with van der Waals surface area (Å²) in [6.45, 7) is 6.58. The summed E-state index contributed by atoms with van der Waals surface area (Å²) in [7, 11) is 0. The molecule has 1 aromatic carbocycles. The number of carbonyl (C=O) groups excluding carboxylic acids is 1. The van der Waals surface area contributed by atoms with Gasteiger partial charge >= 0.3 is 6.09 Å². The average molecular weight is 369 g/mol. The minimum absolute atomic E-state index is 0.0182. The predicted octanol–water partition coefficient (Wildman–Crippen LogP) is 3.77. The first kappa shape index (κ1) is 20.5. The minimum atomic E-state index is -0.602. The Hall–Kier alpha value is -1.86. The third-order valence-electron chi connectivity index (χ3n) is 3.65. The Morgan fingerprint density at radius 2 is 2.12 bits per heavy atom. The van der Waals surface area contributed by atoms with E-state index in [1.807, 2.05) is 0 Å². The second-order valence-corrected chi connectivity index (χ2v) is 7.10. The second kappa shape index (κ2) is 9.73. The number of carbonyl (C=O) groups is 1. The van der Waals surface area contributed by atoms with Crippen LogP contribution in [0.15, 0.2) is 18.2 Å². The number of hydrogen-bond donors (Lipinski definition) is 1. The van der Waals surface area contributed by atoms with Gasteiger partial charge in [0.1, 0.15) is 12.2 Å². The van der Waals surface area contributed by atoms with E-state index in [1.54, 1.807) is 39.0 Å². The second-order valence-electron chi connectivity index (χ2n) is 7.10. The molecule has 1 fully saturated rings. The molecule has 1 aliphatic heterocycles. The summed E-state index contributed by atoms with van der Waals surface area (Å²) in [4.78, 5) is 11.7. The molecule has 1 aromatic rings. The molecule has 0 aliphatic carbocycles. The third-order valence-corrected chi connectivity index (χ3v) is 3.65. The zero-order valence-corrected chi connectivity index (χ0v) is 15.7. The molecule has 146 valence electrons. The van der Waals surface area contributed by atoms with Gasteiger partial charge in [0, 0.05) is 18.7 Å². The topological polar surface area (TPSA) is 66.0 Å². The monoisotopic (exact) mass is 369 g/mol. The average Bonchev–Trinajstić information content (AvgIpc) is 2.58. The highest BCUT2D eigenvalue weighted by Gasteiger charge is 2.17. The van der Waals surface area contributed by atoms with Gasteiger partial charge in [0.2, 0.25) is 0 Å². The Labute approximate surface area is 154 Å². The van der Waals surface area contributed by atoms with Crippen molar-refractivity contribution >= 4 is 6.09 Å². The van der Waals surface area contributed by atoms with Crippen LogP contribution in [-0.2, 0) is 20.8 Å². The van der Waals surface area contributed by atoms with Crippen molar-refractivity contribution in [2.24, 2.45) is 0 Å². The lowest BCUT2D eigenvalue weighted by molar-refractivity contribution is -0.165. The number of hydrogen-bond acceptors (Lipinski definition) is 5. The van der Waals surface area contributed by atoms with Crippen LogP contribution in [0.3, 0.4) is 0 Å². The van der Waals surface area contributed by atoms with Crippen molar-refractivity contribution in [1.29, 1.82) is 0 Å². The van der Waals surface area contributed by atoms with E-state index in [0.29, 0.717) is 18.8 Å². The number of halogens is 1. The molecule has 1 N–H and O–H groups in total. The van der Waals surface area contributed by atoms with Gasteiger partial charge in [0.25, 0.3) is 0 Å². The molecule has 0 saturated carbocycles. The van der Waals surface area contributed by atoms with Crippen molar-refractivity contribution in [2.45, 2.75) is 58.5 Å². The summed E-state index contributed by atoms with van der Waals surface area (Å²) < 4.78 is 36.1. The molecule has 0 spiro atoms. The summed E-state index contributed by atoms with van der Waals surface area (Å²) in [6.07, 6.45) is 2.24. The predicted molar refractivity (Wildman–Crippen MR) is 94.5 cm³/mol. The highest BCUT2D eigenvalue weighted by molar-refractivity contribution is 5.67. The largest absolute Gasteiger partial charge is 0.488 e. The lowest BCUT2D eigenvalue weighted by Gasteiger charge is -2.22. The molecule has 1 atom stereocenters. The molecule has 6 nitrogen and oxygen atoms in total. The summed E-state index contributed by atoms with van der Waals surface area (Å²) in [5.74, 6) is -0.376. The molecule has 0 aromatic heterocycles. The normalized spacial score (nSPS) is 17.6. The van der Waals surface area contributed by atoms with Gasteiger partial charge < -0.3 is 24.3 Å². The van der Waals surface area contributed by atoms with Crippen LogP contribution < -0.4 is 10.1 Å². The Morgan fingerprint density at radius 1 is 1.31 bits per heavy atom. The number of rotatable bonds is 7. The van der Waals surface area contributed by atoms with E-state index in [2.05, 4.69) is 5.32 Å². The summed E-state index contributed by atoms with van der Waals surface area (Å²) in [5, 5.41) is 2.54. The quantitative estimate of drug-likeness (QED) is 0.741. The van der Waals surface area contributed by atoms with Crippen LogP contribution in [0.4, 0.5) is 9.18 Å². The van der Waals surface area contributed by atoms with Gasteiger partial charge in [0.15, 0.2) is 17.9 Å². The van der Waals surface area contributed by atoms with Crippen molar-refractivity contribution in [1.82, 2.24) is 5.32 Å². The molecular formula is C19H28FNO5. The molecule has 1 aliphatic rings. The first-order valence-corrected chi connectivity index (χ1v) is 8.95. The van der Waals surface area contributed by atoms with Gasteiger partial charge in [-0.25, -0.2) is 9.18 Å². The maximum Gasteiger partial charge on any atom is 0.407 e. The molecule has 0 bridgehead atoms. The van der Waals surface area contributed by atoms with E-state index < -0.39 is 17.5 Å². The van der Waals surface area contributed by atoms with Gasteiger partial charge in [-0.2, -0.15) is 0 Å². The number of alkyl carbamates (subject to hydrolysis) is 1. The Bertz CT molecular complexity index is 582. The van der Waals surface area contributed by atoms with Crippen molar-refractivity contribution in [2.75, 3.05) is 19.8 Å². The molecule has 1 unspecified atom stereocenters. The van der Waals surface area contributed by atoms with Crippen molar-refractivity contribution in [3.05, 3.63) is 29.6 Å². The first-order valence-electron chi connectivity index (χ1n) is 8.95. The molecular weight excluding hydrogens is 341 g/mol. The van der Waals surface area contributed by atoms with Crippen LogP contribution in [-0.4, -0.2) is 37.8 Å². The summed E-state index contributed by atoms with van der Waals surface area (Å²) >= 11 is 0. The fourth-order valence-corrected chi connectivity index (χ4v) is 2.46. The number of amides is 1. The van der Waals surface area contributed by atoms with Crippen LogP contribution in [0.1, 0.15) is 45.6 Å². The highest BCUT2D eigenvalue weighted by atomic mass is 19.1. The smallest absolute Gasteiger partial charge is 0.407 e. The first-order chi connectivity index (χ1) is 12.3.